The van der Waals surface area contributed by atoms with E-state index < -0.39 is 0 Å². The van der Waals surface area contributed by atoms with E-state index in [1.807, 2.05) is 0 Å². The number of carbonyl (C=O) groups is 1. The molecule has 0 saturated carbocycles. The van der Waals surface area contributed by atoms with E-state index in [4.69, 9.17) is 0 Å². The summed E-state index contributed by atoms with van der Waals surface area (Å²) in [6.07, 6.45) is 2.91. The summed E-state index contributed by atoms with van der Waals surface area (Å²) in [4.78, 5) is 10.7. The van der Waals surface area contributed by atoms with Gasteiger partial charge in [-0.15, -0.1) is 0 Å². The van der Waals surface area contributed by atoms with Crippen LogP contribution in [0.3, 0.4) is 0 Å². The van der Waals surface area contributed by atoms with Crippen molar-refractivity contribution in [1.29, 1.82) is 0 Å². The van der Waals surface area contributed by atoms with E-state index in [0.29, 0.717) is 6.54 Å². The topological polar surface area (TPSA) is 50.4 Å². The Bertz CT molecular complexity index is 176. The Morgan fingerprint density at radius 1 is 1.13 bits per heavy atom. The van der Waals surface area contributed by atoms with E-state index in [9.17, 15) is 4.79 Å². The maximum Gasteiger partial charge on any atom is 0.406 e. The fraction of sp³-hybridized carbons (Fsp3) is 0.909. The highest BCUT2D eigenvalue weighted by Gasteiger charge is 2.06. The van der Waals surface area contributed by atoms with Crippen molar-refractivity contribution >= 4 is 6.09 Å². The summed E-state index contributed by atoms with van der Waals surface area (Å²) in [5.74, 6) is 0. The predicted octanol–water partition coefficient (Wildman–Crippen LogP) is 1.90. The highest BCUT2D eigenvalue weighted by Crippen LogP contribution is 2.00. The second-order valence-electron chi connectivity index (χ2n) is 4.66. The number of alkyl carbamates (subject to hydrolysis) is 1. The number of unbranched alkanes of at least 4 members (excludes halogenated alkanes) is 2. The lowest BCUT2D eigenvalue weighted by atomic mass is 10.1. The number of rotatable bonds is 6. The number of methoxy groups -OCH3 is 1. The van der Waals surface area contributed by atoms with Crippen molar-refractivity contribution < 1.29 is 9.53 Å². The molecule has 0 saturated heterocycles. The molecule has 0 heterocycles. The minimum absolute atomic E-state index is 0.199. The van der Waals surface area contributed by atoms with E-state index in [0.717, 1.165) is 25.8 Å². The van der Waals surface area contributed by atoms with Gasteiger partial charge >= 0.3 is 6.09 Å². The minimum Gasteiger partial charge on any atom is -0.453 e. The van der Waals surface area contributed by atoms with Crippen LogP contribution in [0.25, 0.3) is 0 Å². The number of hydrogen-bond acceptors (Lipinski definition) is 3. The molecule has 0 aromatic carbocycles. The first-order chi connectivity index (χ1) is 6.95. The van der Waals surface area contributed by atoms with Crippen molar-refractivity contribution in [2.45, 2.75) is 45.6 Å². The van der Waals surface area contributed by atoms with Gasteiger partial charge in [-0.3, -0.25) is 0 Å². The highest BCUT2D eigenvalue weighted by atomic mass is 16.5. The molecule has 0 atom stereocenters. The highest BCUT2D eigenvalue weighted by molar-refractivity contribution is 5.66. The normalized spacial score (nSPS) is 11.2. The number of ether oxygens (including phenoxy) is 1. The van der Waals surface area contributed by atoms with Crippen molar-refractivity contribution in [3.05, 3.63) is 0 Å². The fourth-order valence-corrected chi connectivity index (χ4v) is 1.15. The Kier molecular flexibility index (Phi) is 7.13. The molecule has 1 amide bonds. The van der Waals surface area contributed by atoms with Gasteiger partial charge in [0, 0.05) is 12.1 Å². The lowest BCUT2D eigenvalue weighted by Crippen LogP contribution is -2.36. The molecule has 4 nitrogen and oxygen atoms in total. The van der Waals surface area contributed by atoms with Gasteiger partial charge in [0.05, 0.1) is 7.11 Å². The number of amides is 1. The van der Waals surface area contributed by atoms with Gasteiger partial charge in [-0.2, -0.15) is 0 Å². The fourth-order valence-electron chi connectivity index (χ4n) is 1.15. The molecule has 0 aliphatic carbocycles. The largest absolute Gasteiger partial charge is 0.453 e. The van der Waals surface area contributed by atoms with Gasteiger partial charge in [0.15, 0.2) is 0 Å². The number of carbonyl (C=O) groups excluding carboxylic acids is 1. The molecular formula is C11H24N2O2. The van der Waals surface area contributed by atoms with Gasteiger partial charge < -0.3 is 15.4 Å². The SMILES string of the molecule is COC(=O)NCCCCCNC(C)(C)C. The maximum absolute atomic E-state index is 10.7. The van der Waals surface area contributed by atoms with E-state index >= 15 is 0 Å². The molecule has 0 rings (SSSR count). The Balaban J connectivity index is 3.16. The third-order valence-corrected chi connectivity index (χ3v) is 1.96. The molecule has 0 aromatic heterocycles. The van der Waals surface area contributed by atoms with Crippen LogP contribution in [0.2, 0.25) is 0 Å². The second-order valence-corrected chi connectivity index (χ2v) is 4.66. The predicted molar refractivity (Wildman–Crippen MR) is 62.0 cm³/mol. The van der Waals surface area contributed by atoms with Crippen LogP contribution in [-0.2, 0) is 4.74 Å². The molecule has 0 fully saturated rings. The van der Waals surface area contributed by atoms with Gasteiger partial charge in [-0.25, -0.2) is 4.79 Å². The second kappa shape index (κ2) is 7.51. The average Bonchev–Trinajstić information content (AvgIpc) is 2.14. The summed E-state index contributed by atoms with van der Waals surface area (Å²) in [5.41, 5.74) is 0.199. The summed E-state index contributed by atoms with van der Waals surface area (Å²) in [7, 11) is 1.38. The minimum atomic E-state index is -0.345. The molecule has 90 valence electrons. The summed E-state index contributed by atoms with van der Waals surface area (Å²) in [6, 6.07) is 0. The van der Waals surface area contributed by atoms with E-state index in [1.165, 1.54) is 7.11 Å². The third kappa shape index (κ3) is 11.2. The van der Waals surface area contributed by atoms with Crippen LogP contribution >= 0.6 is 0 Å². The zero-order valence-electron chi connectivity index (χ0n) is 10.4. The Hall–Kier alpha value is -0.770. The molecule has 4 heteroatoms. The molecule has 0 aromatic rings. The first-order valence-electron chi connectivity index (χ1n) is 5.52. The average molecular weight is 216 g/mol. The first kappa shape index (κ1) is 14.2. The zero-order chi connectivity index (χ0) is 11.7. The maximum atomic E-state index is 10.7. The van der Waals surface area contributed by atoms with Crippen molar-refractivity contribution in [2.75, 3.05) is 20.2 Å². The summed E-state index contributed by atoms with van der Waals surface area (Å²) >= 11 is 0. The van der Waals surface area contributed by atoms with E-state index in [1.54, 1.807) is 0 Å². The van der Waals surface area contributed by atoms with Crippen LogP contribution in [0.1, 0.15) is 40.0 Å². The van der Waals surface area contributed by atoms with Crippen LogP contribution < -0.4 is 10.6 Å². The van der Waals surface area contributed by atoms with Crippen LogP contribution in [0.4, 0.5) is 4.79 Å². The van der Waals surface area contributed by atoms with Gasteiger partial charge in [0.2, 0.25) is 0 Å². The van der Waals surface area contributed by atoms with Crippen LogP contribution in [0, 0.1) is 0 Å². The van der Waals surface area contributed by atoms with Crippen LogP contribution in [-0.4, -0.2) is 31.8 Å². The quantitative estimate of drug-likeness (QED) is 0.667. The van der Waals surface area contributed by atoms with Crippen molar-refractivity contribution in [3.8, 4) is 0 Å². The van der Waals surface area contributed by atoms with Crippen molar-refractivity contribution in [1.82, 2.24) is 10.6 Å². The number of hydrogen-bond donors (Lipinski definition) is 2. The van der Waals surface area contributed by atoms with Gasteiger partial charge in [-0.05, 0) is 40.2 Å². The molecule has 0 spiro atoms. The molecule has 0 bridgehead atoms. The van der Waals surface area contributed by atoms with Crippen molar-refractivity contribution in [2.24, 2.45) is 0 Å². The van der Waals surface area contributed by atoms with E-state index in [2.05, 4.69) is 36.1 Å². The first-order valence-corrected chi connectivity index (χ1v) is 5.52. The molecule has 15 heavy (non-hydrogen) atoms. The molecule has 0 radical (unpaired) electrons. The van der Waals surface area contributed by atoms with Crippen LogP contribution in [0.15, 0.2) is 0 Å². The Labute approximate surface area is 92.8 Å². The van der Waals surface area contributed by atoms with Crippen LogP contribution in [0.5, 0.6) is 0 Å². The Morgan fingerprint density at radius 2 is 1.73 bits per heavy atom. The van der Waals surface area contributed by atoms with E-state index in [-0.39, 0.29) is 11.6 Å². The lowest BCUT2D eigenvalue weighted by Gasteiger charge is -2.20. The lowest BCUT2D eigenvalue weighted by molar-refractivity contribution is 0.171. The number of nitrogens with one attached hydrogen (secondary N) is 2. The Morgan fingerprint density at radius 3 is 2.27 bits per heavy atom. The van der Waals surface area contributed by atoms with Crippen molar-refractivity contribution in [3.63, 3.8) is 0 Å². The van der Waals surface area contributed by atoms with Gasteiger partial charge in [-0.1, -0.05) is 6.42 Å². The molecule has 0 unspecified atom stereocenters. The molecular weight excluding hydrogens is 192 g/mol. The summed E-state index contributed by atoms with van der Waals surface area (Å²) in [6.45, 7) is 8.20. The standard InChI is InChI=1S/C11H24N2O2/c1-11(2,3)13-9-7-5-6-8-12-10(14)15-4/h13H,5-9H2,1-4H3,(H,12,14). The molecule has 2 N–H and O–H groups in total. The zero-order valence-corrected chi connectivity index (χ0v) is 10.4. The molecule has 0 aliphatic rings. The third-order valence-electron chi connectivity index (χ3n) is 1.96. The summed E-state index contributed by atoms with van der Waals surface area (Å²) < 4.78 is 4.46. The smallest absolute Gasteiger partial charge is 0.406 e. The van der Waals surface area contributed by atoms with Gasteiger partial charge in [0.25, 0.3) is 0 Å². The summed E-state index contributed by atoms with van der Waals surface area (Å²) in [5, 5.41) is 6.08. The van der Waals surface area contributed by atoms with Gasteiger partial charge in [0.1, 0.15) is 0 Å². The monoisotopic (exact) mass is 216 g/mol. The molecule has 0 aliphatic heterocycles.